The molecule has 1 amide bonds. The molecule has 0 aromatic rings. The van der Waals surface area contributed by atoms with E-state index < -0.39 is 12.1 Å². The minimum atomic E-state index is -0.672. The molecule has 0 saturated carbocycles. The van der Waals surface area contributed by atoms with Crippen LogP contribution in [0.25, 0.3) is 0 Å². The van der Waals surface area contributed by atoms with Gasteiger partial charge in [0.25, 0.3) is 0 Å². The van der Waals surface area contributed by atoms with Crippen LogP contribution in [-0.4, -0.2) is 47.4 Å². The van der Waals surface area contributed by atoms with Gasteiger partial charge in [0.2, 0.25) is 5.91 Å². The van der Waals surface area contributed by atoms with Crippen molar-refractivity contribution in [3.05, 3.63) is 36.5 Å². The standard InChI is InChI=1S/C67H127NO5/c1-3-5-7-9-11-13-15-17-18-19-20-24-27-30-33-36-39-43-47-51-55-59-65(70)64(63-69)68-66(71)60-56-52-48-44-40-37-34-31-28-25-22-21-23-26-29-32-35-38-42-46-50-54-58-62-73-67(72)61-57-53-49-45-41-16-14-12-10-8-6-4-2/h12,14,21,23,25,28,64-65,69-70H,3-11,13,15-20,22,24,26-27,29-63H2,1-2H3,(H,68,71)/b14-12-,23-21-,28-25-. The van der Waals surface area contributed by atoms with Gasteiger partial charge in [-0.1, -0.05) is 294 Å². The third kappa shape index (κ3) is 59.2. The highest BCUT2D eigenvalue weighted by Crippen LogP contribution is 2.18. The Kier molecular flexibility index (Phi) is 61.0. The summed E-state index contributed by atoms with van der Waals surface area (Å²) in [4.78, 5) is 24.5. The van der Waals surface area contributed by atoms with Gasteiger partial charge in [-0.3, -0.25) is 9.59 Å². The van der Waals surface area contributed by atoms with Gasteiger partial charge < -0.3 is 20.3 Å². The summed E-state index contributed by atoms with van der Waals surface area (Å²) in [5, 5.41) is 23.4. The molecule has 0 aliphatic rings. The number of aliphatic hydroxyl groups excluding tert-OH is 2. The van der Waals surface area contributed by atoms with Gasteiger partial charge in [-0.25, -0.2) is 0 Å². The molecule has 2 atom stereocenters. The predicted molar refractivity (Wildman–Crippen MR) is 319 cm³/mol. The lowest BCUT2D eigenvalue weighted by molar-refractivity contribution is -0.143. The fourth-order valence-corrected chi connectivity index (χ4v) is 10.1. The third-order valence-electron chi connectivity index (χ3n) is 15.2. The van der Waals surface area contributed by atoms with Gasteiger partial charge in [-0.2, -0.15) is 0 Å². The van der Waals surface area contributed by atoms with Crippen molar-refractivity contribution < 1.29 is 24.5 Å². The number of carbonyl (C=O) groups is 2. The SMILES string of the molecule is CCCCC/C=C\CCCCCCCC(=O)OCCCCCCCCCCC/C=C\C/C=C\CCCCCCCCCC(=O)NC(CO)C(O)CCCCCCCCCCCCCCCCCCCCCCC. The maximum atomic E-state index is 12.5. The molecular formula is C67H127NO5. The molecular weight excluding hydrogens is 899 g/mol. The molecule has 0 aromatic heterocycles. The molecule has 0 rings (SSSR count). The molecule has 73 heavy (non-hydrogen) atoms. The number of carbonyl (C=O) groups excluding carboxylic acids is 2. The summed E-state index contributed by atoms with van der Waals surface area (Å²) < 4.78 is 5.46. The van der Waals surface area contributed by atoms with E-state index in [4.69, 9.17) is 4.74 Å². The topological polar surface area (TPSA) is 95.9 Å². The lowest BCUT2D eigenvalue weighted by Crippen LogP contribution is -2.45. The molecule has 0 fully saturated rings. The third-order valence-corrected chi connectivity index (χ3v) is 15.2. The molecule has 0 radical (unpaired) electrons. The van der Waals surface area contributed by atoms with Gasteiger partial charge >= 0.3 is 5.97 Å². The fraction of sp³-hybridized carbons (Fsp3) is 0.881. The summed E-state index contributed by atoms with van der Waals surface area (Å²) >= 11 is 0. The van der Waals surface area contributed by atoms with Gasteiger partial charge in [0, 0.05) is 12.8 Å². The number of hydrogen-bond donors (Lipinski definition) is 3. The van der Waals surface area contributed by atoms with Gasteiger partial charge in [0.1, 0.15) is 0 Å². The summed E-state index contributed by atoms with van der Waals surface area (Å²) in [5.41, 5.74) is 0. The van der Waals surface area contributed by atoms with Crippen molar-refractivity contribution in [2.24, 2.45) is 0 Å². The summed E-state index contributed by atoms with van der Waals surface area (Å²) in [6.07, 6.45) is 78.8. The van der Waals surface area contributed by atoms with E-state index in [2.05, 4.69) is 55.6 Å². The summed E-state index contributed by atoms with van der Waals surface area (Å²) in [6, 6.07) is -0.550. The van der Waals surface area contributed by atoms with Crippen LogP contribution < -0.4 is 5.32 Å². The first-order valence-electron chi connectivity index (χ1n) is 32.7. The molecule has 0 heterocycles. The summed E-state index contributed by atoms with van der Waals surface area (Å²) in [6.45, 7) is 4.94. The van der Waals surface area contributed by atoms with E-state index in [1.165, 1.54) is 263 Å². The highest BCUT2D eigenvalue weighted by molar-refractivity contribution is 5.76. The lowest BCUT2D eigenvalue weighted by atomic mass is 10.0. The second kappa shape index (κ2) is 62.6. The van der Waals surface area contributed by atoms with Crippen molar-refractivity contribution in [1.29, 1.82) is 0 Å². The molecule has 2 unspecified atom stereocenters. The Morgan fingerprint density at radius 1 is 0.384 bits per heavy atom. The Bertz CT molecular complexity index is 1180. The molecule has 0 aliphatic heterocycles. The number of rotatable bonds is 61. The number of esters is 1. The zero-order chi connectivity index (χ0) is 52.9. The van der Waals surface area contributed by atoms with Crippen molar-refractivity contribution in [1.82, 2.24) is 5.32 Å². The summed E-state index contributed by atoms with van der Waals surface area (Å²) in [7, 11) is 0. The Hall–Kier alpha value is -1.92. The van der Waals surface area contributed by atoms with E-state index in [0.717, 1.165) is 57.8 Å². The van der Waals surface area contributed by atoms with Crippen LogP contribution in [-0.2, 0) is 14.3 Å². The molecule has 6 heteroatoms. The number of aliphatic hydroxyl groups is 2. The van der Waals surface area contributed by atoms with E-state index in [1.54, 1.807) is 0 Å². The van der Waals surface area contributed by atoms with Crippen LogP contribution in [0.1, 0.15) is 354 Å². The lowest BCUT2D eigenvalue weighted by Gasteiger charge is -2.22. The Balaban J connectivity index is 3.46. The molecule has 6 nitrogen and oxygen atoms in total. The smallest absolute Gasteiger partial charge is 0.305 e. The van der Waals surface area contributed by atoms with E-state index >= 15 is 0 Å². The van der Waals surface area contributed by atoms with Crippen LogP contribution in [0.15, 0.2) is 36.5 Å². The maximum absolute atomic E-state index is 12.5. The second-order valence-electron chi connectivity index (χ2n) is 22.4. The summed E-state index contributed by atoms with van der Waals surface area (Å²) in [5.74, 6) is -0.0452. The van der Waals surface area contributed by atoms with Gasteiger partial charge in [0.05, 0.1) is 25.4 Å². The van der Waals surface area contributed by atoms with Crippen LogP contribution in [0.3, 0.4) is 0 Å². The number of allylic oxidation sites excluding steroid dienone is 6. The predicted octanol–water partition coefficient (Wildman–Crippen LogP) is 20.8. The van der Waals surface area contributed by atoms with Crippen molar-refractivity contribution in [3.8, 4) is 0 Å². The van der Waals surface area contributed by atoms with Crippen LogP contribution in [0.4, 0.5) is 0 Å². The highest BCUT2D eigenvalue weighted by atomic mass is 16.5. The minimum Gasteiger partial charge on any atom is -0.466 e. The molecule has 0 bridgehead atoms. The van der Waals surface area contributed by atoms with Crippen molar-refractivity contribution in [3.63, 3.8) is 0 Å². The van der Waals surface area contributed by atoms with Crippen LogP contribution >= 0.6 is 0 Å². The monoisotopic (exact) mass is 1030 g/mol. The molecule has 0 spiro atoms. The number of nitrogens with one attached hydrogen (secondary N) is 1. The average Bonchev–Trinajstić information content (AvgIpc) is 3.39. The Morgan fingerprint density at radius 2 is 0.685 bits per heavy atom. The number of amides is 1. The molecule has 0 saturated heterocycles. The molecule has 3 N–H and O–H groups in total. The zero-order valence-electron chi connectivity index (χ0n) is 49.1. The van der Waals surface area contributed by atoms with Crippen LogP contribution in [0.5, 0.6) is 0 Å². The van der Waals surface area contributed by atoms with Crippen LogP contribution in [0, 0.1) is 0 Å². The number of ether oxygens (including phenoxy) is 1. The number of unbranched alkanes of at least 4 members (excludes halogenated alkanes) is 44. The molecule has 430 valence electrons. The van der Waals surface area contributed by atoms with Crippen molar-refractivity contribution in [2.45, 2.75) is 366 Å². The quantitative estimate of drug-likeness (QED) is 0.0320. The van der Waals surface area contributed by atoms with E-state index in [9.17, 15) is 19.8 Å². The second-order valence-corrected chi connectivity index (χ2v) is 22.4. The number of hydrogen-bond acceptors (Lipinski definition) is 5. The molecule has 0 aromatic carbocycles. The van der Waals surface area contributed by atoms with E-state index in [1.807, 2.05) is 0 Å². The molecule has 0 aliphatic carbocycles. The highest BCUT2D eigenvalue weighted by Gasteiger charge is 2.20. The maximum Gasteiger partial charge on any atom is 0.305 e. The Morgan fingerprint density at radius 3 is 1.08 bits per heavy atom. The average molecular weight is 1030 g/mol. The normalized spacial score (nSPS) is 12.8. The first-order chi connectivity index (χ1) is 36.0. The first kappa shape index (κ1) is 71.1. The van der Waals surface area contributed by atoms with E-state index in [-0.39, 0.29) is 18.5 Å². The van der Waals surface area contributed by atoms with Crippen LogP contribution in [0.2, 0.25) is 0 Å². The first-order valence-corrected chi connectivity index (χ1v) is 32.7. The van der Waals surface area contributed by atoms with Crippen molar-refractivity contribution in [2.75, 3.05) is 13.2 Å². The largest absolute Gasteiger partial charge is 0.466 e. The van der Waals surface area contributed by atoms with E-state index in [0.29, 0.717) is 25.9 Å². The van der Waals surface area contributed by atoms with Gasteiger partial charge in [-0.15, -0.1) is 0 Å². The van der Waals surface area contributed by atoms with Crippen molar-refractivity contribution >= 4 is 11.9 Å². The van der Waals surface area contributed by atoms with Gasteiger partial charge in [-0.05, 0) is 83.5 Å². The minimum absolute atomic E-state index is 0.00278. The zero-order valence-corrected chi connectivity index (χ0v) is 49.1. The fourth-order valence-electron chi connectivity index (χ4n) is 10.1. The Labute approximate surface area is 455 Å². The van der Waals surface area contributed by atoms with Gasteiger partial charge in [0.15, 0.2) is 0 Å².